The summed E-state index contributed by atoms with van der Waals surface area (Å²) in [7, 11) is 1.54. The fraction of sp³-hybridized carbons (Fsp3) is 0.364. The van der Waals surface area contributed by atoms with Crippen LogP contribution in [-0.4, -0.2) is 24.4 Å². The molecule has 1 aromatic rings. The topological polar surface area (TPSA) is 46.5 Å². The van der Waals surface area contributed by atoms with Crippen molar-refractivity contribution in [3.63, 3.8) is 0 Å². The Labute approximate surface area is 104 Å². The van der Waals surface area contributed by atoms with Crippen molar-refractivity contribution < 1.29 is 14.6 Å². The van der Waals surface area contributed by atoms with Gasteiger partial charge in [0.25, 0.3) is 0 Å². The molecular formula is C11H13ClO3S. The Kier molecular flexibility index (Phi) is 4.50. The molecule has 5 heteroatoms. The van der Waals surface area contributed by atoms with Gasteiger partial charge in [-0.25, -0.2) is 0 Å². The summed E-state index contributed by atoms with van der Waals surface area (Å²) in [5.74, 6) is -0.849. The summed E-state index contributed by atoms with van der Waals surface area (Å²) >= 11 is 7.51. The van der Waals surface area contributed by atoms with E-state index in [0.29, 0.717) is 16.3 Å². The van der Waals surface area contributed by atoms with Gasteiger partial charge in [-0.2, -0.15) is 0 Å². The highest BCUT2D eigenvalue weighted by atomic mass is 35.5. The van der Waals surface area contributed by atoms with Crippen LogP contribution in [0.1, 0.15) is 18.4 Å². The van der Waals surface area contributed by atoms with E-state index in [1.54, 1.807) is 26.2 Å². The Morgan fingerprint density at radius 2 is 2.19 bits per heavy atom. The Morgan fingerprint density at radius 1 is 1.56 bits per heavy atom. The van der Waals surface area contributed by atoms with Gasteiger partial charge in [0, 0.05) is 0 Å². The van der Waals surface area contributed by atoms with Crippen LogP contribution in [0.5, 0.6) is 5.75 Å². The normalized spacial score (nSPS) is 12.2. The molecule has 0 saturated heterocycles. The van der Waals surface area contributed by atoms with Gasteiger partial charge in [-0.05, 0) is 30.9 Å². The molecule has 1 N–H and O–H groups in total. The molecule has 16 heavy (non-hydrogen) atoms. The number of halogens is 1. The molecule has 1 atom stereocenters. The van der Waals surface area contributed by atoms with Gasteiger partial charge in [-0.1, -0.05) is 11.6 Å². The lowest BCUT2D eigenvalue weighted by Gasteiger charge is -2.13. The minimum Gasteiger partial charge on any atom is -0.494 e. The lowest BCUT2D eigenvalue weighted by Crippen LogP contribution is -2.07. The summed E-state index contributed by atoms with van der Waals surface area (Å²) in [6.07, 6.45) is 1.89. The molecule has 0 bridgehead atoms. The second kappa shape index (κ2) is 5.46. The van der Waals surface area contributed by atoms with Crippen LogP contribution >= 0.6 is 23.4 Å². The summed E-state index contributed by atoms with van der Waals surface area (Å²) in [6, 6.07) is 3.44. The van der Waals surface area contributed by atoms with Gasteiger partial charge in [0.1, 0.15) is 0 Å². The molecule has 88 valence electrons. The van der Waals surface area contributed by atoms with Crippen molar-refractivity contribution in [3.05, 3.63) is 22.7 Å². The van der Waals surface area contributed by atoms with Crippen LogP contribution in [0.2, 0.25) is 5.02 Å². The van der Waals surface area contributed by atoms with Crippen molar-refractivity contribution >= 4 is 29.3 Å². The van der Waals surface area contributed by atoms with Crippen LogP contribution in [0.3, 0.4) is 0 Å². The maximum atomic E-state index is 10.9. The number of carboxylic acids is 1. The fourth-order valence-corrected chi connectivity index (χ4v) is 2.32. The number of rotatable bonds is 4. The van der Waals surface area contributed by atoms with Gasteiger partial charge in [0.15, 0.2) is 5.75 Å². The van der Waals surface area contributed by atoms with E-state index < -0.39 is 11.9 Å². The highest BCUT2D eigenvalue weighted by Gasteiger charge is 2.18. The number of carbonyl (C=O) groups is 1. The molecule has 0 amide bonds. The molecule has 0 spiro atoms. The van der Waals surface area contributed by atoms with Crippen molar-refractivity contribution in [2.75, 3.05) is 13.4 Å². The number of methoxy groups -OCH3 is 1. The number of carboxylic acid groups (broad SMARTS) is 1. The van der Waals surface area contributed by atoms with Crippen molar-refractivity contribution in [2.24, 2.45) is 0 Å². The first-order valence-corrected chi connectivity index (χ1v) is 6.25. The summed E-state index contributed by atoms with van der Waals surface area (Å²) in [5, 5.41) is 9.38. The second-order valence-electron chi connectivity index (χ2n) is 3.30. The molecule has 0 aliphatic carbocycles. The quantitative estimate of drug-likeness (QED) is 0.844. The first-order valence-electron chi connectivity index (χ1n) is 4.65. The zero-order valence-electron chi connectivity index (χ0n) is 9.28. The smallest absolute Gasteiger partial charge is 0.310 e. The number of hydrogen-bond donors (Lipinski definition) is 1. The van der Waals surface area contributed by atoms with Crippen molar-refractivity contribution in [1.82, 2.24) is 0 Å². The third kappa shape index (κ3) is 2.62. The van der Waals surface area contributed by atoms with E-state index >= 15 is 0 Å². The maximum Gasteiger partial charge on any atom is 0.310 e. The predicted molar refractivity (Wildman–Crippen MR) is 65.8 cm³/mol. The standard InChI is InChI=1S/C11H13ClO3S/c1-6(11(13)14)7-4-8(12)10(15-2)9(5-7)16-3/h4-6H,1-3H3,(H,13,14). The van der Waals surface area contributed by atoms with E-state index in [-0.39, 0.29) is 0 Å². The summed E-state index contributed by atoms with van der Waals surface area (Å²) in [5.41, 5.74) is 0.683. The van der Waals surface area contributed by atoms with Gasteiger partial charge in [0.2, 0.25) is 0 Å². The summed E-state index contributed by atoms with van der Waals surface area (Å²) in [4.78, 5) is 11.7. The Bertz CT molecular complexity index is 406. The SMILES string of the molecule is COc1c(Cl)cc(C(C)C(=O)O)cc1SC. The lowest BCUT2D eigenvalue weighted by molar-refractivity contribution is -0.138. The van der Waals surface area contributed by atoms with Gasteiger partial charge >= 0.3 is 5.97 Å². The zero-order valence-corrected chi connectivity index (χ0v) is 10.9. The third-order valence-electron chi connectivity index (χ3n) is 2.33. The second-order valence-corrected chi connectivity index (χ2v) is 4.55. The molecule has 0 radical (unpaired) electrons. The third-order valence-corrected chi connectivity index (χ3v) is 3.35. The molecule has 1 unspecified atom stereocenters. The largest absolute Gasteiger partial charge is 0.494 e. The number of aliphatic carboxylic acids is 1. The van der Waals surface area contributed by atoms with Gasteiger partial charge < -0.3 is 9.84 Å². The van der Waals surface area contributed by atoms with Gasteiger partial charge in [-0.15, -0.1) is 11.8 Å². The fourth-order valence-electron chi connectivity index (χ4n) is 1.33. The number of thioether (sulfide) groups is 1. The van der Waals surface area contributed by atoms with E-state index in [1.165, 1.54) is 11.8 Å². The molecule has 0 aromatic heterocycles. The molecular weight excluding hydrogens is 248 g/mol. The molecule has 0 aliphatic rings. The average molecular weight is 261 g/mol. The Balaban J connectivity index is 3.25. The van der Waals surface area contributed by atoms with Crippen LogP contribution in [0, 0.1) is 0 Å². The van der Waals surface area contributed by atoms with Crippen LogP contribution in [-0.2, 0) is 4.79 Å². The number of ether oxygens (including phenoxy) is 1. The molecule has 0 heterocycles. The molecule has 0 saturated carbocycles. The van der Waals surface area contributed by atoms with Crippen LogP contribution in [0.25, 0.3) is 0 Å². The minimum absolute atomic E-state index is 0.442. The number of benzene rings is 1. The van der Waals surface area contributed by atoms with E-state index in [9.17, 15) is 4.79 Å². The van der Waals surface area contributed by atoms with Crippen LogP contribution < -0.4 is 4.74 Å². The first kappa shape index (κ1) is 13.2. The molecule has 0 fully saturated rings. The highest BCUT2D eigenvalue weighted by Crippen LogP contribution is 2.37. The first-order chi connectivity index (χ1) is 7.51. The maximum absolute atomic E-state index is 10.9. The van der Waals surface area contributed by atoms with Crippen molar-refractivity contribution in [1.29, 1.82) is 0 Å². The summed E-state index contributed by atoms with van der Waals surface area (Å²) in [6.45, 7) is 1.63. The van der Waals surface area contributed by atoms with E-state index in [0.717, 1.165) is 4.90 Å². The zero-order chi connectivity index (χ0) is 12.3. The number of hydrogen-bond acceptors (Lipinski definition) is 3. The molecule has 1 aromatic carbocycles. The van der Waals surface area contributed by atoms with Gasteiger partial charge in [0.05, 0.1) is 22.9 Å². The van der Waals surface area contributed by atoms with Crippen LogP contribution in [0.4, 0.5) is 0 Å². The average Bonchev–Trinajstić information content (AvgIpc) is 2.26. The Hall–Kier alpha value is -0.870. The summed E-state index contributed by atoms with van der Waals surface area (Å²) < 4.78 is 5.16. The highest BCUT2D eigenvalue weighted by molar-refractivity contribution is 7.98. The van der Waals surface area contributed by atoms with Crippen molar-refractivity contribution in [2.45, 2.75) is 17.7 Å². The van der Waals surface area contributed by atoms with Gasteiger partial charge in [-0.3, -0.25) is 4.79 Å². The van der Waals surface area contributed by atoms with E-state index in [2.05, 4.69) is 0 Å². The predicted octanol–water partition coefficient (Wildman–Crippen LogP) is 3.26. The monoisotopic (exact) mass is 260 g/mol. The molecule has 3 nitrogen and oxygen atoms in total. The van der Waals surface area contributed by atoms with Crippen molar-refractivity contribution in [3.8, 4) is 5.75 Å². The Morgan fingerprint density at radius 3 is 2.62 bits per heavy atom. The van der Waals surface area contributed by atoms with E-state index in [4.69, 9.17) is 21.4 Å². The molecule has 1 rings (SSSR count). The van der Waals surface area contributed by atoms with Crippen LogP contribution in [0.15, 0.2) is 17.0 Å². The minimum atomic E-state index is -0.867. The van der Waals surface area contributed by atoms with E-state index in [1.807, 2.05) is 6.26 Å². The molecule has 0 aliphatic heterocycles. The lowest BCUT2D eigenvalue weighted by atomic mass is 10.0.